The Morgan fingerprint density at radius 1 is 1.00 bits per heavy atom. The highest BCUT2D eigenvalue weighted by atomic mass is 32.1. The van der Waals surface area contributed by atoms with Crippen molar-refractivity contribution in [3.8, 4) is 0 Å². The third-order valence-corrected chi connectivity index (χ3v) is 4.45. The first-order chi connectivity index (χ1) is 11.6. The van der Waals surface area contributed by atoms with Crippen molar-refractivity contribution in [2.24, 2.45) is 0 Å². The molecule has 0 aliphatic rings. The summed E-state index contributed by atoms with van der Waals surface area (Å²) in [5, 5.41) is 0. The zero-order chi connectivity index (χ0) is 18.1. The second-order valence-corrected chi connectivity index (χ2v) is 6.12. The first-order valence-electron chi connectivity index (χ1n) is 8.71. The molecule has 0 nitrogen and oxygen atoms in total. The van der Waals surface area contributed by atoms with Crippen molar-refractivity contribution in [3.63, 3.8) is 0 Å². The number of thiol groups is 1. The van der Waals surface area contributed by atoms with E-state index in [1.165, 1.54) is 27.8 Å². The van der Waals surface area contributed by atoms with E-state index in [2.05, 4.69) is 76.8 Å². The number of rotatable bonds is 7. The molecule has 1 aromatic rings. The maximum atomic E-state index is 4.82. The zero-order valence-electron chi connectivity index (χ0n) is 15.7. The first kappa shape index (κ1) is 20.3. The molecule has 0 atom stereocenters. The number of hydrogen-bond donors (Lipinski definition) is 1. The van der Waals surface area contributed by atoms with Crippen LogP contribution in [-0.4, -0.2) is 0 Å². The fourth-order valence-electron chi connectivity index (χ4n) is 2.93. The van der Waals surface area contributed by atoms with Gasteiger partial charge < -0.3 is 0 Å². The fraction of sp³-hybridized carbons (Fsp3) is 0.304. The van der Waals surface area contributed by atoms with E-state index < -0.39 is 0 Å². The Balaban J connectivity index is 3.98. The molecule has 0 aliphatic heterocycles. The van der Waals surface area contributed by atoms with Gasteiger partial charge in [-0.05, 0) is 67.0 Å². The van der Waals surface area contributed by atoms with Crippen LogP contribution in [0, 0.1) is 6.92 Å². The minimum absolute atomic E-state index is 1.00. The molecule has 0 saturated carbocycles. The predicted octanol–water partition coefficient (Wildman–Crippen LogP) is 7.75. The van der Waals surface area contributed by atoms with Gasteiger partial charge in [0.25, 0.3) is 0 Å². The van der Waals surface area contributed by atoms with Gasteiger partial charge in [0.2, 0.25) is 0 Å². The first-order valence-corrected chi connectivity index (χ1v) is 9.16. The Bertz CT molecular complexity index is 697. The van der Waals surface area contributed by atoms with E-state index in [-0.39, 0.29) is 0 Å². The maximum absolute atomic E-state index is 4.82. The van der Waals surface area contributed by atoms with Crippen molar-refractivity contribution in [2.45, 2.75) is 52.4 Å². The summed E-state index contributed by atoms with van der Waals surface area (Å²) < 4.78 is 0. The van der Waals surface area contributed by atoms with Gasteiger partial charge in [-0.3, -0.25) is 0 Å². The van der Waals surface area contributed by atoms with Gasteiger partial charge in [-0.2, -0.15) is 0 Å². The zero-order valence-corrected chi connectivity index (χ0v) is 16.6. The van der Waals surface area contributed by atoms with Crippen LogP contribution in [0.4, 0.5) is 0 Å². The third kappa shape index (κ3) is 4.42. The minimum atomic E-state index is 1.00. The predicted molar refractivity (Wildman–Crippen MR) is 116 cm³/mol. The van der Waals surface area contributed by atoms with Gasteiger partial charge in [0.05, 0.1) is 0 Å². The van der Waals surface area contributed by atoms with Crippen molar-refractivity contribution < 1.29 is 0 Å². The molecule has 1 aromatic carbocycles. The van der Waals surface area contributed by atoms with Gasteiger partial charge in [-0.15, -0.1) is 12.6 Å². The minimum Gasteiger partial charge on any atom is -0.142 e. The van der Waals surface area contributed by atoms with Crippen LogP contribution in [0.1, 0.15) is 68.4 Å². The lowest BCUT2D eigenvalue weighted by Crippen LogP contribution is -2.01. The molecule has 0 amide bonds. The summed E-state index contributed by atoms with van der Waals surface area (Å²) in [6.07, 6.45) is 19.1. The summed E-state index contributed by atoms with van der Waals surface area (Å²) in [4.78, 5) is 1.00. The third-order valence-electron chi connectivity index (χ3n) is 3.97. The molecule has 0 fully saturated rings. The molecule has 0 heterocycles. The Hall–Kier alpha value is -1.73. The Labute approximate surface area is 153 Å². The summed E-state index contributed by atoms with van der Waals surface area (Å²) in [5.41, 5.74) is 7.27. The van der Waals surface area contributed by atoms with Crippen LogP contribution < -0.4 is 0 Å². The monoisotopic (exact) mass is 338 g/mol. The van der Waals surface area contributed by atoms with Gasteiger partial charge in [-0.1, -0.05) is 69.0 Å². The molecule has 0 unspecified atom stereocenters. The average molecular weight is 339 g/mol. The largest absolute Gasteiger partial charge is 0.142 e. The van der Waals surface area contributed by atoms with Gasteiger partial charge in [0.1, 0.15) is 0 Å². The molecule has 1 rings (SSSR count). The molecule has 0 saturated heterocycles. The van der Waals surface area contributed by atoms with Crippen LogP contribution in [0.2, 0.25) is 0 Å². The average Bonchev–Trinajstić information content (AvgIpc) is 2.55. The number of hydrogen-bond acceptors (Lipinski definition) is 1. The summed E-state index contributed by atoms with van der Waals surface area (Å²) in [5.74, 6) is 0. The van der Waals surface area contributed by atoms with Gasteiger partial charge >= 0.3 is 0 Å². The van der Waals surface area contributed by atoms with Gasteiger partial charge in [0.15, 0.2) is 0 Å². The highest BCUT2D eigenvalue weighted by Crippen LogP contribution is 2.37. The normalized spacial score (nSPS) is 12.8. The summed E-state index contributed by atoms with van der Waals surface area (Å²) in [6, 6.07) is 0. The van der Waals surface area contributed by atoms with E-state index in [9.17, 15) is 0 Å². The van der Waals surface area contributed by atoms with Gasteiger partial charge in [0, 0.05) is 4.90 Å². The lowest BCUT2D eigenvalue weighted by molar-refractivity contribution is 1.21. The quantitative estimate of drug-likeness (QED) is 0.381. The number of benzene rings is 1. The van der Waals surface area contributed by atoms with E-state index in [4.69, 9.17) is 12.6 Å². The SMILES string of the molecule is C=Cc1c(S)c(/C=C\CC)c(C)c(C(/C=C\C)=C/CC)c1/C=C\C. The second-order valence-electron chi connectivity index (χ2n) is 5.67. The summed E-state index contributed by atoms with van der Waals surface area (Å²) in [6.45, 7) is 14.7. The fourth-order valence-corrected chi connectivity index (χ4v) is 3.39. The van der Waals surface area contributed by atoms with Crippen LogP contribution in [0.3, 0.4) is 0 Å². The lowest BCUT2D eigenvalue weighted by atomic mass is 9.86. The molecule has 0 radical (unpaired) electrons. The van der Waals surface area contributed by atoms with E-state index in [0.717, 1.165) is 23.3 Å². The molecular weight excluding hydrogens is 308 g/mol. The van der Waals surface area contributed by atoms with Crippen LogP contribution in [-0.2, 0) is 0 Å². The topological polar surface area (TPSA) is 0 Å². The van der Waals surface area contributed by atoms with Crippen molar-refractivity contribution in [2.75, 3.05) is 0 Å². The van der Waals surface area contributed by atoms with Gasteiger partial charge in [-0.25, -0.2) is 0 Å². The Morgan fingerprint density at radius 2 is 1.71 bits per heavy atom. The van der Waals surface area contributed by atoms with E-state index in [1.54, 1.807) is 0 Å². The number of allylic oxidation sites excluding steroid dienone is 6. The van der Waals surface area contributed by atoms with Crippen molar-refractivity contribution in [1.82, 2.24) is 0 Å². The molecule has 0 N–H and O–H groups in total. The van der Waals surface area contributed by atoms with Crippen molar-refractivity contribution in [1.29, 1.82) is 0 Å². The van der Waals surface area contributed by atoms with Crippen molar-refractivity contribution >= 4 is 36.4 Å². The van der Waals surface area contributed by atoms with E-state index in [0.29, 0.717) is 0 Å². The van der Waals surface area contributed by atoms with Crippen LogP contribution >= 0.6 is 12.6 Å². The molecule has 0 bridgehead atoms. The Morgan fingerprint density at radius 3 is 2.21 bits per heavy atom. The molecule has 0 aliphatic carbocycles. The van der Waals surface area contributed by atoms with E-state index >= 15 is 0 Å². The lowest BCUT2D eigenvalue weighted by Gasteiger charge is -2.20. The molecule has 24 heavy (non-hydrogen) atoms. The molecule has 1 heteroatoms. The van der Waals surface area contributed by atoms with Crippen LogP contribution in [0.25, 0.3) is 23.8 Å². The Kier molecular flexibility index (Phi) is 8.63. The summed E-state index contributed by atoms with van der Waals surface area (Å²) in [7, 11) is 0. The standard InChI is InChI=1S/C23H30S/c1-7-12-16-20-17(6)22(18(13-8-2)14-9-3)21(15-10-4)19(11-5)23(20)24/h8,10-16,24H,5,7,9H2,1-4,6H3/b13-8-,15-10-,16-12-,18-14+. The summed E-state index contributed by atoms with van der Waals surface area (Å²) >= 11 is 4.82. The molecular formula is C23H30S. The molecule has 0 spiro atoms. The second kappa shape index (κ2) is 10.2. The molecule has 128 valence electrons. The highest BCUT2D eigenvalue weighted by Gasteiger charge is 2.17. The van der Waals surface area contributed by atoms with Crippen molar-refractivity contribution in [3.05, 3.63) is 64.8 Å². The van der Waals surface area contributed by atoms with Crippen LogP contribution in [0.15, 0.2) is 41.9 Å². The van der Waals surface area contributed by atoms with Crippen LogP contribution in [0.5, 0.6) is 0 Å². The maximum Gasteiger partial charge on any atom is 0.0194 e. The molecule has 0 aromatic heterocycles. The highest BCUT2D eigenvalue weighted by molar-refractivity contribution is 7.80. The smallest absolute Gasteiger partial charge is 0.0194 e. The van der Waals surface area contributed by atoms with E-state index in [1.807, 2.05) is 13.0 Å².